The smallest absolute Gasteiger partial charge is 0.165 e. The third kappa shape index (κ3) is 3.17. The van der Waals surface area contributed by atoms with Gasteiger partial charge in [0.05, 0.1) is 13.2 Å². The Morgan fingerprint density at radius 3 is 2.45 bits per heavy atom. The number of benzene rings is 2. The molecule has 0 heterocycles. The van der Waals surface area contributed by atoms with Crippen LogP contribution in [0.5, 0.6) is 5.75 Å². The number of ether oxygens (including phenoxy) is 1. The summed E-state index contributed by atoms with van der Waals surface area (Å²) in [4.78, 5) is 0. The van der Waals surface area contributed by atoms with Gasteiger partial charge in [0.25, 0.3) is 0 Å². The van der Waals surface area contributed by atoms with Crippen molar-refractivity contribution in [2.24, 2.45) is 0 Å². The number of aliphatic hydroxyl groups excluding tert-OH is 1. The monoisotopic (exact) mass is 274 g/mol. The lowest BCUT2D eigenvalue weighted by molar-refractivity contribution is 0.178. The molecule has 2 aromatic rings. The summed E-state index contributed by atoms with van der Waals surface area (Å²) in [6.07, 6.45) is -0.259. The zero-order valence-electron chi connectivity index (χ0n) is 12.0. The van der Waals surface area contributed by atoms with Crippen LogP contribution >= 0.6 is 0 Å². The maximum Gasteiger partial charge on any atom is 0.165 e. The van der Waals surface area contributed by atoms with Gasteiger partial charge in [-0.2, -0.15) is 0 Å². The third-order valence-electron chi connectivity index (χ3n) is 3.56. The highest BCUT2D eigenvalue weighted by molar-refractivity contribution is 5.33. The first kappa shape index (κ1) is 14.5. The second kappa shape index (κ2) is 6.06. The molecule has 3 heteroatoms. The molecule has 0 aromatic heterocycles. The lowest BCUT2D eigenvalue weighted by Crippen LogP contribution is -2.03. The van der Waals surface area contributed by atoms with Gasteiger partial charge in [-0.05, 0) is 48.2 Å². The van der Waals surface area contributed by atoms with Crippen LogP contribution in [0.15, 0.2) is 36.4 Å². The Morgan fingerprint density at radius 2 is 1.85 bits per heavy atom. The third-order valence-corrected chi connectivity index (χ3v) is 3.56. The molecule has 0 radical (unpaired) electrons. The van der Waals surface area contributed by atoms with Crippen molar-refractivity contribution in [2.45, 2.75) is 26.4 Å². The minimum Gasteiger partial charge on any atom is -0.494 e. The molecule has 0 spiro atoms. The van der Waals surface area contributed by atoms with Crippen molar-refractivity contribution in [1.82, 2.24) is 0 Å². The van der Waals surface area contributed by atoms with E-state index in [-0.39, 0.29) is 5.75 Å². The molecule has 0 aliphatic carbocycles. The van der Waals surface area contributed by atoms with Gasteiger partial charge in [0.15, 0.2) is 11.6 Å². The molecule has 1 atom stereocenters. The van der Waals surface area contributed by atoms with Gasteiger partial charge < -0.3 is 9.84 Å². The number of halogens is 1. The Labute approximate surface area is 118 Å². The van der Waals surface area contributed by atoms with E-state index >= 15 is 0 Å². The summed E-state index contributed by atoms with van der Waals surface area (Å²) in [5.41, 5.74) is 4.01. The normalized spacial score (nSPS) is 12.2. The summed E-state index contributed by atoms with van der Waals surface area (Å²) in [6, 6.07) is 10.6. The van der Waals surface area contributed by atoms with Crippen LogP contribution in [-0.2, 0) is 6.42 Å². The SMILES string of the molecule is COc1ccc(C(O)Cc2ccc(C)c(C)c2)cc1F. The molecular weight excluding hydrogens is 255 g/mol. The van der Waals surface area contributed by atoms with Crippen LogP contribution in [0.25, 0.3) is 0 Å². The molecule has 0 aliphatic heterocycles. The van der Waals surface area contributed by atoms with Gasteiger partial charge in [-0.1, -0.05) is 24.3 Å². The van der Waals surface area contributed by atoms with E-state index in [4.69, 9.17) is 4.74 Å². The fourth-order valence-electron chi connectivity index (χ4n) is 2.16. The Bertz CT molecular complexity index is 608. The summed E-state index contributed by atoms with van der Waals surface area (Å²) >= 11 is 0. The van der Waals surface area contributed by atoms with Crippen LogP contribution in [0.1, 0.15) is 28.4 Å². The van der Waals surface area contributed by atoms with Gasteiger partial charge in [-0.25, -0.2) is 4.39 Å². The van der Waals surface area contributed by atoms with Crippen molar-refractivity contribution < 1.29 is 14.2 Å². The zero-order valence-corrected chi connectivity index (χ0v) is 12.0. The Morgan fingerprint density at radius 1 is 1.10 bits per heavy atom. The van der Waals surface area contributed by atoms with E-state index < -0.39 is 11.9 Å². The van der Waals surface area contributed by atoms with Crippen LogP contribution in [0, 0.1) is 19.7 Å². The van der Waals surface area contributed by atoms with Crippen LogP contribution in [-0.4, -0.2) is 12.2 Å². The largest absolute Gasteiger partial charge is 0.494 e. The molecule has 0 saturated heterocycles. The molecule has 20 heavy (non-hydrogen) atoms. The van der Waals surface area contributed by atoms with Crippen molar-refractivity contribution >= 4 is 0 Å². The fourth-order valence-corrected chi connectivity index (χ4v) is 2.16. The number of methoxy groups -OCH3 is 1. The molecule has 0 fully saturated rings. The zero-order chi connectivity index (χ0) is 14.7. The fraction of sp³-hybridized carbons (Fsp3) is 0.294. The summed E-state index contributed by atoms with van der Waals surface area (Å²) in [5.74, 6) is -0.267. The molecule has 2 rings (SSSR count). The van der Waals surface area contributed by atoms with Gasteiger partial charge in [-0.15, -0.1) is 0 Å². The average Bonchev–Trinajstić information content (AvgIpc) is 2.42. The quantitative estimate of drug-likeness (QED) is 0.920. The van der Waals surface area contributed by atoms with Crippen molar-refractivity contribution in [1.29, 1.82) is 0 Å². The van der Waals surface area contributed by atoms with Crippen LogP contribution in [0.4, 0.5) is 4.39 Å². The highest BCUT2D eigenvalue weighted by Crippen LogP contribution is 2.24. The second-order valence-corrected chi connectivity index (χ2v) is 5.03. The minimum absolute atomic E-state index is 0.187. The van der Waals surface area contributed by atoms with Crippen LogP contribution in [0.2, 0.25) is 0 Å². The second-order valence-electron chi connectivity index (χ2n) is 5.03. The summed E-state index contributed by atoms with van der Waals surface area (Å²) in [5, 5.41) is 10.2. The lowest BCUT2D eigenvalue weighted by atomic mass is 9.98. The van der Waals surface area contributed by atoms with Crippen molar-refractivity contribution in [3.63, 3.8) is 0 Å². The Hall–Kier alpha value is -1.87. The first-order valence-electron chi connectivity index (χ1n) is 6.59. The molecule has 0 saturated carbocycles. The summed E-state index contributed by atoms with van der Waals surface area (Å²) in [7, 11) is 1.42. The topological polar surface area (TPSA) is 29.5 Å². The van der Waals surface area contributed by atoms with Gasteiger partial charge in [-0.3, -0.25) is 0 Å². The van der Waals surface area contributed by atoms with Gasteiger partial charge in [0.2, 0.25) is 0 Å². The maximum absolute atomic E-state index is 13.6. The Kier molecular flexibility index (Phi) is 4.40. The lowest BCUT2D eigenvalue weighted by Gasteiger charge is -2.13. The van der Waals surface area contributed by atoms with E-state index in [2.05, 4.69) is 6.07 Å². The molecule has 1 N–H and O–H groups in total. The first-order chi connectivity index (χ1) is 9.51. The molecule has 2 aromatic carbocycles. The Balaban J connectivity index is 2.17. The maximum atomic E-state index is 13.6. The van der Waals surface area contributed by atoms with Gasteiger partial charge in [0, 0.05) is 6.42 Å². The van der Waals surface area contributed by atoms with Crippen molar-refractivity contribution in [3.8, 4) is 5.75 Å². The van der Waals surface area contributed by atoms with E-state index in [1.807, 2.05) is 26.0 Å². The number of hydrogen-bond acceptors (Lipinski definition) is 2. The summed E-state index contributed by atoms with van der Waals surface area (Å²) in [6.45, 7) is 4.09. The number of aryl methyl sites for hydroxylation is 2. The molecule has 106 valence electrons. The molecule has 0 amide bonds. The standard InChI is InChI=1S/C17H19FO2/c1-11-4-5-13(8-12(11)2)9-16(19)14-6-7-17(20-3)15(18)10-14/h4-8,10,16,19H,9H2,1-3H3. The predicted octanol–water partition coefficient (Wildman–Crippen LogP) is 3.73. The van der Waals surface area contributed by atoms with E-state index in [0.29, 0.717) is 12.0 Å². The van der Waals surface area contributed by atoms with E-state index in [9.17, 15) is 9.50 Å². The number of aliphatic hydroxyl groups is 1. The molecule has 1 unspecified atom stereocenters. The van der Waals surface area contributed by atoms with Gasteiger partial charge >= 0.3 is 0 Å². The first-order valence-corrected chi connectivity index (χ1v) is 6.59. The van der Waals surface area contributed by atoms with E-state index in [1.165, 1.54) is 30.4 Å². The molecule has 0 bridgehead atoms. The van der Waals surface area contributed by atoms with Crippen LogP contribution < -0.4 is 4.74 Å². The average molecular weight is 274 g/mol. The number of hydrogen-bond donors (Lipinski definition) is 1. The molecule has 2 nitrogen and oxygen atoms in total. The summed E-state index contributed by atoms with van der Waals surface area (Å²) < 4.78 is 18.5. The van der Waals surface area contributed by atoms with Crippen LogP contribution in [0.3, 0.4) is 0 Å². The van der Waals surface area contributed by atoms with Crippen molar-refractivity contribution in [3.05, 3.63) is 64.5 Å². The number of rotatable bonds is 4. The molecular formula is C17H19FO2. The predicted molar refractivity (Wildman–Crippen MR) is 77.5 cm³/mol. The molecule has 0 aliphatic rings. The van der Waals surface area contributed by atoms with E-state index in [0.717, 1.165) is 5.56 Å². The minimum atomic E-state index is -0.725. The highest BCUT2D eigenvalue weighted by atomic mass is 19.1. The van der Waals surface area contributed by atoms with Gasteiger partial charge in [0.1, 0.15) is 0 Å². The van der Waals surface area contributed by atoms with E-state index in [1.54, 1.807) is 6.07 Å². The van der Waals surface area contributed by atoms with Crippen molar-refractivity contribution in [2.75, 3.05) is 7.11 Å². The highest BCUT2D eigenvalue weighted by Gasteiger charge is 2.12.